The van der Waals surface area contributed by atoms with Gasteiger partial charge in [0.15, 0.2) is 0 Å². The van der Waals surface area contributed by atoms with E-state index in [9.17, 15) is 4.79 Å². The van der Waals surface area contributed by atoms with Gasteiger partial charge in [0.1, 0.15) is 17.4 Å². The van der Waals surface area contributed by atoms with Crippen LogP contribution in [0.2, 0.25) is 0 Å². The third-order valence-corrected chi connectivity index (χ3v) is 1.88. The molecule has 0 aliphatic carbocycles. The summed E-state index contributed by atoms with van der Waals surface area (Å²) >= 11 is 0. The summed E-state index contributed by atoms with van der Waals surface area (Å²) in [5.41, 5.74) is -0.163. The second-order valence-electron chi connectivity index (χ2n) is 3.15. The van der Waals surface area contributed by atoms with Gasteiger partial charge >= 0.3 is 0 Å². The Labute approximate surface area is 86.2 Å². The highest BCUT2D eigenvalue weighted by atomic mass is 16.3. The molecular weight excluding hydrogens is 194 g/mol. The topological polar surface area (TPSA) is 70.9 Å². The summed E-state index contributed by atoms with van der Waals surface area (Å²) in [5, 5.41) is 3.00. The van der Waals surface area contributed by atoms with E-state index in [1.807, 2.05) is 12.1 Å². The normalized spacial score (nSPS) is 10.2. The fraction of sp³-hybridized carbons (Fsp3) is 0.200. The Morgan fingerprint density at radius 2 is 2.47 bits per heavy atom. The third-order valence-electron chi connectivity index (χ3n) is 1.88. The summed E-state index contributed by atoms with van der Waals surface area (Å²) in [6, 6.07) is 5.08. The van der Waals surface area contributed by atoms with Crippen molar-refractivity contribution in [2.45, 2.75) is 13.5 Å². The number of aryl methyl sites for hydroxylation is 1. The molecule has 2 rings (SSSR count). The maximum Gasteiger partial charge on any atom is 0.252 e. The van der Waals surface area contributed by atoms with E-state index in [1.54, 1.807) is 13.2 Å². The standard InChI is InChI=1S/C10H11N3O2/c1-7-12-9(5-10(14)13-7)11-6-8-3-2-4-15-8/h2-5H,6H2,1H3,(H2,11,12,13,14). The van der Waals surface area contributed by atoms with Crippen LogP contribution in [-0.4, -0.2) is 9.97 Å². The lowest BCUT2D eigenvalue weighted by Gasteiger charge is -2.03. The molecule has 0 amide bonds. The first-order valence-corrected chi connectivity index (χ1v) is 4.58. The Morgan fingerprint density at radius 1 is 1.60 bits per heavy atom. The molecule has 2 aromatic rings. The summed E-state index contributed by atoms with van der Waals surface area (Å²) in [7, 11) is 0. The van der Waals surface area contributed by atoms with Crippen LogP contribution in [0.1, 0.15) is 11.6 Å². The predicted octanol–water partition coefficient (Wildman–Crippen LogP) is 1.28. The van der Waals surface area contributed by atoms with Gasteiger partial charge in [0.2, 0.25) is 0 Å². The SMILES string of the molecule is Cc1nc(NCc2ccco2)cc(=O)[nH]1. The number of anilines is 1. The first-order valence-electron chi connectivity index (χ1n) is 4.58. The van der Waals surface area contributed by atoms with Gasteiger partial charge in [0.25, 0.3) is 5.56 Å². The van der Waals surface area contributed by atoms with Crippen molar-refractivity contribution in [3.63, 3.8) is 0 Å². The molecule has 5 heteroatoms. The molecule has 2 aromatic heterocycles. The molecule has 0 bridgehead atoms. The van der Waals surface area contributed by atoms with E-state index in [-0.39, 0.29) is 5.56 Å². The van der Waals surface area contributed by atoms with Gasteiger partial charge < -0.3 is 14.7 Å². The Hall–Kier alpha value is -2.04. The maximum absolute atomic E-state index is 11.1. The summed E-state index contributed by atoms with van der Waals surface area (Å²) in [5.74, 6) is 1.94. The molecular formula is C10H11N3O2. The Kier molecular flexibility index (Phi) is 2.53. The molecule has 0 fully saturated rings. The van der Waals surface area contributed by atoms with Crippen LogP contribution in [-0.2, 0) is 6.54 Å². The molecule has 0 aliphatic rings. The van der Waals surface area contributed by atoms with E-state index in [2.05, 4.69) is 15.3 Å². The Morgan fingerprint density at radius 3 is 3.13 bits per heavy atom. The largest absolute Gasteiger partial charge is 0.467 e. The molecule has 0 saturated carbocycles. The number of hydrogen-bond acceptors (Lipinski definition) is 4. The molecule has 0 aromatic carbocycles. The van der Waals surface area contributed by atoms with Gasteiger partial charge in [-0.3, -0.25) is 4.79 Å². The van der Waals surface area contributed by atoms with E-state index in [0.717, 1.165) is 5.76 Å². The molecule has 0 saturated heterocycles. The van der Waals surface area contributed by atoms with Crippen molar-refractivity contribution in [1.29, 1.82) is 0 Å². The molecule has 15 heavy (non-hydrogen) atoms. The van der Waals surface area contributed by atoms with E-state index in [4.69, 9.17) is 4.42 Å². The highest BCUT2D eigenvalue weighted by Gasteiger charge is 1.99. The smallest absolute Gasteiger partial charge is 0.252 e. The first kappa shape index (κ1) is 9.51. The Bertz CT molecular complexity index is 488. The summed E-state index contributed by atoms with van der Waals surface area (Å²) in [6.07, 6.45) is 1.60. The van der Waals surface area contributed by atoms with Crippen molar-refractivity contribution in [2.75, 3.05) is 5.32 Å². The van der Waals surface area contributed by atoms with Crippen molar-refractivity contribution >= 4 is 5.82 Å². The molecule has 0 atom stereocenters. The average molecular weight is 205 g/mol. The van der Waals surface area contributed by atoms with E-state index in [1.165, 1.54) is 6.07 Å². The minimum atomic E-state index is -0.163. The highest BCUT2D eigenvalue weighted by Crippen LogP contribution is 2.04. The second kappa shape index (κ2) is 4.00. The van der Waals surface area contributed by atoms with Gasteiger partial charge in [-0.1, -0.05) is 0 Å². The number of H-pyrrole nitrogens is 1. The number of aromatic nitrogens is 2. The lowest BCUT2D eigenvalue weighted by Crippen LogP contribution is -2.11. The lowest BCUT2D eigenvalue weighted by molar-refractivity contribution is 0.517. The monoisotopic (exact) mass is 205 g/mol. The number of rotatable bonds is 3. The van der Waals surface area contributed by atoms with Crippen molar-refractivity contribution in [2.24, 2.45) is 0 Å². The molecule has 5 nitrogen and oxygen atoms in total. The molecule has 0 spiro atoms. The second-order valence-corrected chi connectivity index (χ2v) is 3.15. The fourth-order valence-electron chi connectivity index (χ4n) is 1.26. The summed E-state index contributed by atoms with van der Waals surface area (Å²) < 4.78 is 5.14. The maximum atomic E-state index is 11.1. The van der Waals surface area contributed by atoms with Crippen LogP contribution in [0.4, 0.5) is 5.82 Å². The van der Waals surface area contributed by atoms with Crippen LogP contribution < -0.4 is 10.9 Å². The van der Waals surface area contributed by atoms with Gasteiger partial charge in [-0.05, 0) is 19.1 Å². The van der Waals surface area contributed by atoms with Crippen LogP contribution in [0.25, 0.3) is 0 Å². The quantitative estimate of drug-likeness (QED) is 0.791. The molecule has 0 aliphatic heterocycles. The zero-order chi connectivity index (χ0) is 10.7. The van der Waals surface area contributed by atoms with Crippen LogP contribution in [0.5, 0.6) is 0 Å². The Balaban J connectivity index is 2.08. The van der Waals surface area contributed by atoms with Crippen molar-refractivity contribution in [3.8, 4) is 0 Å². The van der Waals surface area contributed by atoms with Crippen LogP contribution in [0, 0.1) is 6.92 Å². The number of nitrogens with one attached hydrogen (secondary N) is 2. The van der Waals surface area contributed by atoms with Crippen molar-refractivity contribution in [1.82, 2.24) is 9.97 Å². The van der Waals surface area contributed by atoms with E-state index < -0.39 is 0 Å². The summed E-state index contributed by atoms with van der Waals surface area (Å²) in [4.78, 5) is 17.8. The van der Waals surface area contributed by atoms with E-state index in [0.29, 0.717) is 18.2 Å². The molecule has 0 unspecified atom stereocenters. The third kappa shape index (κ3) is 2.46. The van der Waals surface area contributed by atoms with Gasteiger partial charge in [-0.15, -0.1) is 0 Å². The van der Waals surface area contributed by atoms with Crippen molar-refractivity contribution < 1.29 is 4.42 Å². The first-order chi connectivity index (χ1) is 7.24. The minimum absolute atomic E-state index is 0.163. The highest BCUT2D eigenvalue weighted by molar-refractivity contribution is 5.33. The molecule has 78 valence electrons. The summed E-state index contributed by atoms with van der Waals surface area (Å²) in [6.45, 7) is 2.25. The van der Waals surface area contributed by atoms with Gasteiger partial charge in [0, 0.05) is 6.07 Å². The molecule has 0 radical (unpaired) electrons. The zero-order valence-electron chi connectivity index (χ0n) is 8.28. The zero-order valence-corrected chi connectivity index (χ0v) is 8.28. The van der Waals surface area contributed by atoms with Gasteiger partial charge in [0.05, 0.1) is 12.8 Å². The fourth-order valence-corrected chi connectivity index (χ4v) is 1.26. The van der Waals surface area contributed by atoms with Crippen LogP contribution in [0.15, 0.2) is 33.7 Å². The molecule has 2 N–H and O–H groups in total. The number of furan rings is 1. The number of aromatic amines is 1. The minimum Gasteiger partial charge on any atom is -0.467 e. The predicted molar refractivity (Wildman–Crippen MR) is 55.6 cm³/mol. The number of hydrogen-bond donors (Lipinski definition) is 2. The number of nitrogens with zero attached hydrogens (tertiary/aromatic N) is 1. The van der Waals surface area contributed by atoms with Gasteiger partial charge in [-0.25, -0.2) is 4.98 Å². The van der Waals surface area contributed by atoms with Crippen LogP contribution in [0.3, 0.4) is 0 Å². The van der Waals surface area contributed by atoms with Gasteiger partial charge in [-0.2, -0.15) is 0 Å². The average Bonchev–Trinajstić information content (AvgIpc) is 2.65. The lowest BCUT2D eigenvalue weighted by atomic mass is 10.4. The van der Waals surface area contributed by atoms with Crippen molar-refractivity contribution in [3.05, 3.63) is 46.4 Å². The van der Waals surface area contributed by atoms with E-state index >= 15 is 0 Å². The molecule has 2 heterocycles. The van der Waals surface area contributed by atoms with Crippen LogP contribution >= 0.6 is 0 Å².